The number of non-ortho nitro benzene ring substituents is 1. The molecule has 1 aliphatic rings. The van der Waals surface area contributed by atoms with Gasteiger partial charge in [-0.2, -0.15) is 0 Å². The molecule has 1 atom stereocenters. The third-order valence-electron chi connectivity index (χ3n) is 4.33. The first-order valence-corrected chi connectivity index (χ1v) is 8.94. The van der Waals surface area contributed by atoms with E-state index >= 15 is 0 Å². The second kappa shape index (κ2) is 7.94. The van der Waals surface area contributed by atoms with Crippen LogP contribution in [0.25, 0.3) is 0 Å². The maximum Gasteiger partial charge on any atom is 0.269 e. The van der Waals surface area contributed by atoms with Gasteiger partial charge in [0.2, 0.25) is 5.91 Å². The maximum absolute atomic E-state index is 12.7. The summed E-state index contributed by atoms with van der Waals surface area (Å²) in [7, 11) is 0. The summed E-state index contributed by atoms with van der Waals surface area (Å²) in [4.78, 5) is 37.1. The van der Waals surface area contributed by atoms with Gasteiger partial charge >= 0.3 is 0 Å². The Morgan fingerprint density at radius 2 is 1.85 bits per heavy atom. The van der Waals surface area contributed by atoms with Crippen molar-refractivity contribution in [3.05, 3.63) is 68.2 Å². The Labute approximate surface area is 165 Å². The van der Waals surface area contributed by atoms with Gasteiger partial charge in [-0.25, -0.2) is 0 Å². The van der Waals surface area contributed by atoms with E-state index in [1.807, 2.05) is 0 Å². The molecule has 27 heavy (non-hydrogen) atoms. The fraction of sp³-hybridized carbons (Fsp3) is 0.222. The molecule has 3 rings (SSSR count). The monoisotopic (exact) mass is 407 g/mol. The molecule has 0 unspecified atom stereocenters. The Kier molecular flexibility index (Phi) is 5.62. The van der Waals surface area contributed by atoms with Crippen molar-refractivity contribution in [3.8, 4) is 0 Å². The highest BCUT2D eigenvalue weighted by Gasteiger charge is 2.34. The van der Waals surface area contributed by atoms with Crippen LogP contribution in [-0.2, 0) is 4.79 Å². The van der Waals surface area contributed by atoms with E-state index in [-0.39, 0.29) is 17.5 Å². The minimum Gasteiger partial charge on any atom is -0.327 e. The minimum absolute atomic E-state index is 0.0976. The number of likely N-dealkylation sites (tertiary alicyclic amines) is 1. The number of nitro groups is 1. The molecule has 0 aliphatic carbocycles. The summed E-state index contributed by atoms with van der Waals surface area (Å²) in [5, 5.41) is 14.2. The number of hydrogen-bond donors (Lipinski definition) is 1. The van der Waals surface area contributed by atoms with Crippen LogP contribution in [0.4, 0.5) is 11.4 Å². The standard InChI is InChI=1S/C18H15Cl2N3O4/c19-12-5-8-15(14(20)10-12)21-17(24)16-2-1-9-22(16)18(25)11-3-6-13(7-4-11)23(26)27/h3-8,10,16H,1-2,9H2,(H,21,24)/t16-/m0/s1. The van der Waals surface area contributed by atoms with E-state index in [1.54, 1.807) is 12.1 Å². The van der Waals surface area contributed by atoms with Crippen molar-refractivity contribution in [3.63, 3.8) is 0 Å². The second-order valence-corrected chi connectivity index (χ2v) is 6.92. The van der Waals surface area contributed by atoms with Crippen LogP contribution in [0.5, 0.6) is 0 Å². The summed E-state index contributed by atoms with van der Waals surface area (Å²) in [6.07, 6.45) is 1.21. The van der Waals surface area contributed by atoms with Crippen LogP contribution >= 0.6 is 23.2 Å². The Morgan fingerprint density at radius 1 is 1.15 bits per heavy atom. The number of anilines is 1. The van der Waals surface area contributed by atoms with Gasteiger partial charge in [-0.1, -0.05) is 23.2 Å². The Balaban J connectivity index is 1.74. The van der Waals surface area contributed by atoms with E-state index in [1.165, 1.54) is 35.2 Å². The molecule has 1 N–H and O–H groups in total. The third kappa shape index (κ3) is 4.20. The number of nitrogens with one attached hydrogen (secondary N) is 1. The summed E-state index contributed by atoms with van der Waals surface area (Å²) < 4.78 is 0. The molecular formula is C18H15Cl2N3O4. The summed E-state index contributed by atoms with van der Waals surface area (Å²) in [6.45, 7) is 0.433. The SMILES string of the molecule is O=C(Nc1ccc(Cl)cc1Cl)[C@@H]1CCCN1C(=O)c1ccc([N+](=O)[O-])cc1. The zero-order valence-electron chi connectivity index (χ0n) is 14.0. The van der Waals surface area contributed by atoms with Crippen LogP contribution in [0.2, 0.25) is 10.0 Å². The summed E-state index contributed by atoms with van der Waals surface area (Å²) >= 11 is 11.9. The van der Waals surface area contributed by atoms with Crippen molar-refractivity contribution < 1.29 is 14.5 Å². The normalized spacial score (nSPS) is 16.2. The Hall–Kier alpha value is -2.64. The average Bonchev–Trinajstić information content (AvgIpc) is 3.13. The lowest BCUT2D eigenvalue weighted by Crippen LogP contribution is -2.43. The first-order valence-electron chi connectivity index (χ1n) is 8.18. The number of carbonyl (C=O) groups excluding carboxylic acids is 2. The van der Waals surface area contributed by atoms with Gasteiger partial charge in [-0.05, 0) is 43.2 Å². The van der Waals surface area contributed by atoms with Gasteiger partial charge in [-0.15, -0.1) is 0 Å². The lowest BCUT2D eigenvalue weighted by molar-refractivity contribution is -0.384. The lowest BCUT2D eigenvalue weighted by atomic mass is 10.1. The van der Waals surface area contributed by atoms with Crippen molar-refractivity contribution in [2.24, 2.45) is 0 Å². The molecule has 0 saturated carbocycles. The van der Waals surface area contributed by atoms with E-state index < -0.39 is 11.0 Å². The van der Waals surface area contributed by atoms with Crippen LogP contribution < -0.4 is 5.32 Å². The van der Waals surface area contributed by atoms with E-state index in [0.29, 0.717) is 40.7 Å². The molecule has 2 aromatic carbocycles. The first-order chi connectivity index (χ1) is 12.9. The summed E-state index contributed by atoms with van der Waals surface area (Å²) in [5.74, 6) is -0.684. The Morgan fingerprint density at radius 3 is 2.48 bits per heavy atom. The molecule has 140 valence electrons. The van der Waals surface area contributed by atoms with Crippen LogP contribution in [-0.4, -0.2) is 34.2 Å². The average molecular weight is 408 g/mol. The van der Waals surface area contributed by atoms with E-state index in [4.69, 9.17) is 23.2 Å². The van der Waals surface area contributed by atoms with Crippen LogP contribution in [0.3, 0.4) is 0 Å². The van der Waals surface area contributed by atoms with Crippen LogP contribution in [0.1, 0.15) is 23.2 Å². The van der Waals surface area contributed by atoms with Gasteiger partial charge < -0.3 is 10.2 Å². The van der Waals surface area contributed by atoms with Gasteiger partial charge in [0, 0.05) is 29.3 Å². The molecule has 1 heterocycles. The molecule has 2 amide bonds. The fourth-order valence-electron chi connectivity index (χ4n) is 2.98. The lowest BCUT2D eigenvalue weighted by Gasteiger charge is -2.24. The zero-order valence-corrected chi connectivity index (χ0v) is 15.5. The number of benzene rings is 2. The van der Waals surface area contributed by atoms with Crippen molar-refractivity contribution in [2.45, 2.75) is 18.9 Å². The molecule has 2 aromatic rings. The summed E-state index contributed by atoms with van der Waals surface area (Å²) in [6, 6.07) is 9.41. The highest BCUT2D eigenvalue weighted by molar-refractivity contribution is 6.36. The smallest absolute Gasteiger partial charge is 0.269 e. The molecule has 9 heteroatoms. The third-order valence-corrected chi connectivity index (χ3v) is 4.88. The number of amides is 2. The number of nitro benzene ring substituents is 1. The topological polar surface area (TPSA) is 92.6 Å². The van der Waals surface area contributed by atoms with E-state index in [0.717, 1.165) is 0 Å². The molecule has 0 aromatic heterocycles. The van der Waals surface area contributed by atoms with Gasteiger partial charge in [-0.3, -0.25) is 19.7 Å². The summed E-state index contributed by atoms with van der Waals surface area (Å²) in [5.41, 5.74) is 0.616. The highest BCUT2D eigenvalue weighted by Crippen LogP contribution is 2.27. The molecule has 7 nitrogen and oxygen atoms in total. The number of carbonyl (C=O) groups is 2. The molecule has 0 spiro atoms. The molecule has 0 bridgehead atoms. The fourth-order valence-corrected chi connectivity index (χ4v) is 3.44. The number of nitrogens with zero attached hydrogens (tertiary/aromatic N) is 2. The Bertz CT molecular complexity index is 902. The zero-order chi connectivity index (χ0) is 19.6. The molecular weight excluding hydrogens is 393 g/mol. The van der Waals surface area contributed by atoms with Gasteiger partial charge in [0.05, 0.1) is 15.6 Å². The predicted octanol–water partition coefficient (Wildman–Crippen LogP) is 4.14. The van der Waals surface area contributed by atoms with Crippen molar-refractivity contribution >= 4 is 46.4 Å². The number of halogens is 2. The van der Waals surface area contributed by atoms with Gasteiger partial charge in [0.1, 0.15) is 6.04 Å². The van der Waals surface area contributed by atoms with Gasteiger partial charge in [0.15, 0.2) is 0 Å². The van der Waals surface area contributed by atoms with Crippen LogP contribution in [0, 0.1) is 10.1 Å². The number of hydrogen-bond acceptors (Lipinski definition) is 4. The molecule has 0 radical (unpaired) electrons. The second-order valence-electron chi connectivity index (χ2n) is 6.07. The maximum atomic E-state index is 12.7. The highest BCUT2D eigenvalue weighted by atomic mass is 35.5. The van der Waals surface area contributed by atoms with Crippen molar-refractivity contribution in [1.29, 1.82) is 0 Å². The number of rotatable bonds is 4. The van der Waals surface area contributed by atoms with E-state index in [9.17, 15) is 19.7 Å². The molecule has 1 aliphatic heterocycles. The first kappa shape index (κ1) is 19.1. The van der Waals surface area contributed by atoms with Gasteiger partial charge in [0.25, 0.3) is 11.6 Å². The minimum atomic E-state index is -0.639. The predicted molar refractivity (Wildman–Crippen MR) is 102 cm³/mol. The quantitative estimate of drug-likeness (QED) is 0.608. The molecule has 1 fully saturated rings. The van der Waals surface area contributed by atoms with Crippen molar-refractivity contribution in [2.75, 3.05) is 11.9 Å². The largest absolute Gasteiger partial charge is 0.327 e. The van der Waals surface area contributed by atoms with E-state index in [2.05, 4.69) is 5.32 Å². The van der Waals surface area contributed by atoms with Crippen molar-refractivity contribution in [1.82, 2.24) is 4.90 Å². The van der Waals surface area contributed by atoms with Crippen LogP contribution in [0.15, 0.2) is 42.5 Å². The molecule has 1 saturated heterocycles.